The number of hydrogen-bond donors (Lipinski definition) is 0. The van der Waals surface area contributed by atoms with Crippen molar-refractivity contribution in [3.63, 3.8) is 0 Å². The third-order valence-electron chi connectivity index (χ3n) is 10.6. The van der Waals surface area contributed by atoms with Crippen molar-refractivity contribution in [2.45, 2.75) is 219 Å². The van der Waals surface area contributed by atoms with Crippen molar-refractivity contribution in [1.82, 2.24) is 0 Å². The smallest absolute Gasteiger partial charge is 0.306 e. The van der Waals surface area contributed by atoms with E-state index in [1.165, 1.54) is 122 Å². The van der Waals surface area contributed by atoms with Crippen molar-refractivity contribution in [1.29, 1.82) is 0 Å². The third kappa shape index (κ3) is 47.3. The average molecular weight is 880 g/mol. The number of esters is 2. The van der Waals surface area contributed by atoms with E-state index in [4.69, 9.17) is 18.5 Å². The standard InChI is InChI=1S/C51H94NO8P/c1-6-8-10-12-14-16-18-20-22-23-24-25-26-27-28-30-31-33-35-37-39-41-43-50(53)57-47-49(48-59-61(55,56)58-46-45-52(3,4)5)60-51(54)44-42-40-38-36-34-32-29-21-19-17-15-13-11-9-7-2/h9,11,15,17,21,29,34,36,49H,6-8,10,12-14,16,18-20,22-28,30-33,35,37-48H2,1-5H3/b11-9+,17-15+,29-21+,36-34+/t49-/m1/s1. The number of phosphoric ester groups is 1. The van der Waals surface area contributed by atoms with Crippen LogP contribution >= 0.6 is 7.82 Å². The second-order valence-corrected chi connectivity index (χ2v) is 19.2. The van der Waals surface area contributed by atoms with Crippen LogP contribution in [0.4, 0.5) is 0 Å². The summed E-state index contributed by atoms with van der Waals surface area (Å²) < 4.78 is 33.9. The number of ether oxygens (including phenoxy) is 2. The zero-order chi connectivity index (χ0) is 45.0. The molecule has 1 unspecified atom stereocenters. The summed E-state index contributed by atoms with van der Waals surface area (Å²) in [6, 6.07) is 0. The van der Waals surface area contributed by atoms with Gasteiger partial charge in [0.2, 0.25) is 0 Å². The lowest BCUT2D eigenvalue weighted by Gasteiger charge is -2.28. The summed E-state index contributed by atoms with van der Waals surface area (Å²) in [5.41, 5.74) is 0. The van der Waals surface area contributed by atoms with E-state index in [2.05, 4.69) is 62.5 Å². The lowest BCUT2D eigenvalue weighted by atomic mass is 10.0. The number of carbonyl (C=O) groups is 2. The van der Waals surface area contributed by atoms with Crippen molar-refractivity contribution >= 4 is 19.8 Å². The topological polar surface area (TPSA) is 111 Å². The van der Waals surface area contributed by atoms with Crippen LogP contribution in [-0.4, -0.2) is 70.0 Å². The van der Waals surface area contributed by atoms with Gasteiger partial charge in [-0.05, 0) is 51.4 Å². The molecule has 0 saturated carbocycles. The van der Waals surface area contributed by atoms with Gasteiger partial charge in [0.1, 0.15) is 19.8 Å². The summed E-state index contributed by atoms with van der Waals surface area (Å²) in [5, 5.41) is 0. The fraction of sp³-hybridized carbons (Fsp3) is 0.804. The molecular weight excluding hydrogens is 786 g/mol. The van der Waals surface area contributed by atoms with Crippen molar-refractivity contribution in [3.05, 3.63) is 48.6 Å². The van der Waals surface area contributed by atoms with Crippen LogP contribution in [0.5, 0.6) is 0 Å². The van der Waals surface area contributed by atoms with E-state index in [0.29, 0.717) is 17.4 Å². The molecule has 0 radical (unpaired) electrons. The van der Waals surface area contributed by atoms with Crippen molar-refractivity contribution in [2.75, 3.05) is 47.5 Å². The van der Waals surface area contributed by atoms with E-state index in [0.717, 1.165) is 57.8 Å². The molecule has 0 aromatic carbocycles. The molecule has 61 heavy (non-hydrogen) atoms. The molecule has 0 amide bonds. The second-order valence-electron chi connectivity index (χ2n) is 17.8. The van der Waals surface area contributed by atoms with E-state index in [1.54, 1.807) is 0 Å². The Hall–Kier alpha value is -2.03. The van der Waals surface area contributed by atoms with Gasteiger partial charge in [-0.25, -0.2) is 0 Å². The maximum atomic E-state index is 12.7. The number of rotatable bonds is 45. The van der Waals surface area contributed by atoms with E-state index in [1.807, 2.05) is 21.1 Å². The van der Waals surface area contributed by atoms with Crippen LogP contribution in [-0.2, 0) is 32.7 Å². The Morgan fingerprint density at radius 3 is 1.39 bits per heavy atom. The number of quaternary nitrogens is 1. The molecule has 10 heteroatoms. The van der Waals surface area contributed by atoms with Crippen LogP contribution in [0.15, 0.2) is 48.6 Å². The van der Waals surface area contributed by atoms with Gasteiger partial charge in [-0.2, -0.15) is 0 Å². The molecule has 2 atom stereocenters. The number of allylic oxidation sites excluding steroid dienone is 8. The molecule has 0 aromatic rings. The lowest BCUT2D eigenvalue weighted by molar-refractivity contribution is -0.870. The van der Waals surface area contributed by atoms with Crippen LogP contribution in [0, 0.1) is 0 Å². The van der Waals surface area contributed by atoms with Gasteiger partial charge in [-0.15, -0.1) is 0 Å². The molecule has 0 saturated heterocycles. The zero-order valence-corrected chi connectivity index (χ0v) is 41.0. The zero-order valence-electron chi connectivity index (χ0n) is 40.1. The van der Waals surface area contributed by atoms with Crippen LogP contribution in [0.3, 0.4) is 0 Å². The predicted octanol–water partition coefficient (Wildman–Crippen LogP) is 14.0. The van der Waals surface area contributed by atoms with Gasteiger partial charge in [0.15, 0.2) is 6.10 Å². The van der Waals surface area contributed by atoms with Crippen LogP contribution in [0.1, 0.15) is 213 Å². The van der Waals surface area contributed by atoms with Crippen LogP contribution < -0.4 is 4.89 Å². The van der Waals surface area contributed by atoms with Gasteiger partial charge in [0.25, 0.3) is 7.82 Å². The summed E-state index contributed by atoms with van der Waals surface area (Å²) in [4.78, 5) is 37.6. The molecule has 0 heterocycles. The highest BCUT2D eigenvalue weighted by Gasteiger charge is 2.21. The normalized spacial score (nSPS) is 13.9. The quantitative estimate of drug-likeness (QED) is 0.0195. The molecule has 0 aliphatic heterocycles. The van der Waals surface area contributed by atoms with E-state index in [-0.39, 0.29) is 26.1 Å². The molecule has 9 nitrogen and oxygen atoms in total. The maximum absolute atomic E-state index is 12.7. The minimum absolute atomic E-state index is 0.0392. The Balaban J connectivity index is 4.25. The molecule has 0 aliphatic rings. The van der Waals surface area contributed by atoms with Gasteiger partial charge < -0.3 is 27.9 Å². The number of likely N-dealkylation sites (N-methyl/N-ethyl adjacent to an activating group) is 1. The molecule has 356 valence electrons. The minimum atomic E-state index is -4.64. The summed E-state index contributed by atoms with van der Waals surface area (Å²) >= 11 is 0. The summed E-state index contributed by atoms with van der Waals surface area (Å²) in [7, 11) is 1.14. The number of carbonyl (C=O) groups excluding carboxylic acids is 2. The Labute approximate surface area is 375 Å². The molecule has 0 rings (SSSR count). The number of phosphoric acid groups is 1. The Morgan fingerprint density at radius 1 is 0.525 bits per heavy atom. The highest BCUT2D eigenvalue weighted by molar-refractivity contribution is 7.45. The molecular formula is C51H94NO8P. The molecule has 0 N–H and O–H groups in total. The Bertz CT molecular complexity index is 1180. The van der Waals surface area contributed by atoms with Crippen molar-refractivity contribution in [3.8, 4) is 0 Å². The first-order chi connectivity index (χ1) is 29.5. The fourth-order valence-electron chi connectivity index (χ4n) is 6.76. The number of nitrogens with zero attached hydrogens (tertiary/aromatic N) is 1. The fourth-order valence-corrected chi connectivity index (χ4v) is 7.49. The van der Waals surface area contributed by atoms with Crippen molar-refractivity contribution < 1.29 is 42.1 Å². The minimum Gasteiger partial charge on any atom is -0.756 e. The number of unbranched alkanes of at least 4 members (excludes halogenated alkanes) is 23. The predicted molar refractivity (Wildman–Crippen MR) is 254 cm³/mol. The SMILES string of the molecule is CC/C=C/C/C=C/C/C=C/C/C=C/CCCCC(=O)O[C@H](COC(=O)CCCCCCCCCCCCCCCCCCCCCCCC)COP(=O)([O-])OCC[N+](C)(C)C. The summed E-state index contributed by atoms with van der Waals surface area (Å²) in [6.07, 6.45) is 51.6. The van der Waals surface area contributed by atoms with Gasteiger partial charge >= 0.3 is 11.9 Å². The average Bonchev–Trinajstić information content (AvgIpc) is 3.21. The second kappa shape index (κ2) is 43.2. The highest BCUT2D eigenvalue weighted by Crippen LogP contribution is 2.38. The Kier molecular flexibility index (Phi) is 41.8. The first-order valence-electron chi connectivity index (χ1n) is 24.8. The monoisotopic (exact) mass is 880 g/mol. The van der Waals surface area contributed by atoms with Crippen LogP contribution in [0.25, 0.3) is 0 Å². The van der Waals surface area contributed by atoms with Gasteiger partial charge in [-0.1, -0.05) is 197 Å². The van der Waals surface area contributed by atoms with Gasteiger partial charge in [-0.3, -0.25) is 14.2 Å². The maximum Gasteiger partial charge on any atom is 0.306 e. The largest absolute Gasteiger partial charge is 0.756 e. The molecule has 0 aromatic heterocycles. The summed E-state index contributed by atoms with van der Waals surface area (Å²) in [6.45, 7) is 4.09. The number of hydrogen-bond acceptors (Lipinski definition) is 8. The van der Waals surface area contributed by atoms with E-state index in [9.17, 15) is 19.0 Å². The molecule has 0 fully saturated rings. The lowest BCUT2D eigenvalue weighted by Crippen LogP contribution is -2.37. The summed E-state index contributed by atoms with van der Waals surface area (Å²) in [5.74, 6) is -0.877. The van der Waals surface area contributed by atoms with Gasteiger partial charge in [0.05, 0.1) is 27.7 Å². The van der Waals surface area contributed by atoms with Crippen molar-refractivity contribution in [2.24, 2.45) is 0 Å². The highest BCUT2D eigenvalue weighted by atomic mass is 31.2. The molecule has 0 aliphatic carbocycles. The third-order valence-corrected chi connectivity index (χ3v) is 11.6. The first kappa shape index (κ1) is 59.0. The van der Waals surface area contributed by atoms with Crippen LogP contribution in [0.2, 0.25) is 0 Å². The first-order valence-corrected chi connectivity index (χ1v) is 26.3. The molecule has 0 bridgehead atoms. The van der Waals surface area contributed by atoms with E-state index >= 15 is 0 Å². The Morgan fingerprint density at radius 2 is 0.934 bits per heavy atom. The molecule has 0 spiro atoms. The van der Waals surface area contributed by atoms with Gasteiger partial charge in [0, 0.05) is 12.8 Å². The van der Waals surface area contributed by atoms with E-state index < -0.39 is 32.5 Å².